The van der Waals surface area contributed by atoms with Gasteiger partial charge < -0.3 is 4.90 Å². The van der Waals surface area contributed by atoms with E-state index in [9.17, 15) is 17.6 Å². The Labute approximate surface area is 151 Å². The Hall–Kier alpha value is -1.84. The fraction of sp³-hybridized carbons (Fsp3) is 0.562. The van der Waals surface area contributed by atoms with E-state index in [1.807, 2.05) is 4.57 Å². The summed E-state index contributed by atoms with van der Waals surface area (Å²) in [7, 11) is 0. The summed E-state index contributed by atoms with van der Waals surface area (Å²) in [6, 6.07) is 0.143. The number of rotatable bonds is 4. The van der Waals surface area contributed by atoms with E-state index in [2.05, 4.69) is 27.0 Å². The van der Waals surface area contributed by atoms with Crippen LogP contribution in [0.4, 0.5) is 23.5 Å². The van der Waals surface area contributed by atoms with Crippen molar-refractivity contribution in [2.45, 2.75) is 48.7 Å². The van der Waals surface area contributed by atoms with Gasteiger partial charge in [-0.15, -0.1) is 10.2 Å². The molecule has 26 heavy (non-hydrogen) atoms. The van der Waals surface area contributed by atoms with Gasteiger partial charge in [0.05, 0.1) is 4.90 Å². The summed E-state index contributed by atoms with van der Waals surface area (Å²) < 4.78 is 56.5. The fourth-order valence-electron chi connectivity index (χ4n) is 3.06. The van der Waals surface area contributed by atoms with Gasteiger partial charge in [0, 0.05) is 19.1 Å². The van der Waals surface area contributed by atoms with E-state index in [4.69, 9.17) is 0 Å². The first-order valence-corrected chi connectivity index (χ1v) is 9.35. The van der Waals surface area contributed by atoms with Crippen molar-refractivity contribution >= 4 is 17.7 Å². The van der Waals surface area contributed by atoms with E-state index in [0.29, 0.717) is 23.6 Å². The Bertz CT molecular complexity index is 804. The van der Waals surface area contributed by atoms with Crippen molar-refractivity contribution < 1.29 is 17.6 Å². The highest BCUT2D eigenvalue weighted by molar-refractivity contribution is 7.99. The molecule has 140 valence electrons. The van der Waals surface area contributed by atoms with Crippen molar-refractivity contribution in [3.8, 4) is 0 Å². The van der Waals surface area contributed by atoms with Crippen LogP contribution in [0.5, 0.6) is 0 Å². The van der Waals surface area contributed by atoms with Crippen molar-refractivity contribution in [2.75, 3.05) is 18.0 Å². The Balaban J connectivity index is 1.68. The van der Waals surface area contributed by atoms with Crippen LogP contribution >= 0.6 is 11.8 Å². The smallest absolute Gasteiger partial charge is 0.252 e. The minimum absolute atomic E-state index is 0.143. The number of piperidine rings is 1. The topological polar surface area (TPSA) is 46.8 Å². The molecule has 0 radical (unpaired) electrons. The molecular formula is C16H17F4N5S. The molecule has 2 aliphatic rings. The summed E-state index contributed by atoms with van der Waals surface area (Å²) in [6.45, 7) is 3.86. The molecule has 1 aliphatic heterocycles. The first kappa shape index (κ1) is 17.6. The number of nitrogens with zero attached hydrogens (tertiary/aromatic N) is 5. The van der Waals surface area contributed by atoms with E-state index >= 15 is 0 Å². The maximum atomic E-state index is 13.9. The van der Waals surface area contributed by atoms with Crippen LogP contribution in [0.1, 0.15) is 38.6 Å². The molecular weight excluding hydrogens is 370 g/mol. The van der Waals surface area contributed by atoms with Crippen molar-refractivity contribution in [2.24, 2.45) is 5.92 Å². The van der Waals surface area contributed by atoms with Crippen LogP contribution < -0.4 is 4.90 Å². The van der Waals surface area contributed by atoms with Gasteiger partial charge in [-0.2, -0.15) is 13.8 Å². The SMILES string of the molecule is CC1CCN(c2nnc(Sc3c(F)c(F)nc(F)c3F)n2C2CC2)CC1. The first-order chi connectivity index (χ1) is 12.5. The molecule has 2 aromatic rings. The Morgan fingerprint density at radius 2 is 1.54 bits per heavy atom. The van der Waals surface area contributed by atoms with E-state index in [-0.39, 0.29) is 11.2 Å². The van der Waals surface area contributed by atoms with Gasteiger partial charge in [0.1, 0.15) is 0 Å². The van der Waals surface area contributed by atoms with Crippen LogP contribution in [-0.2, 0) is 0 Å². The van der Waals surface area contributed by atoms with Crippen molar-refractivity contribution in [3.05, 3.63) is 23.5 Å². The second kappa shape index (κ2) is 6.71. The minimum Gasteiger partial charge on any atom is -0.341 e. The zero-order valence-corrected chi connectivity index (χ0v) is 14.9. The van der Waals surface area contributed by atoms with Gasteiger partial charge in [0.15, 0.2) is 16.8 Å². The lowest BCUT2D eigenvalue weighted by Crippen LogP contribution is -2.34. The molecule has 1 saturated heterocycles. The molecule has 0 aromatic carbocycles. The zero-order chi connectivity index (χ0) is 18.4. The van der Waals surface area contributed by atoms with Gasteiger partial charge in [-0.1, -0.05) is 6.92 Å². The van der Waals surface area contributed by atoms with Gasteiger partial charge in [-0.25, -0.2) is 8.78 Å². The van der Waals surface area contributed by atoms with E-state index in [1.165, 1.54) is 0 Å². The largest absolute Gasteiger partial charge is 0.341 e. The minimum atomic E-state index is -1.67. The molecule has 0 spiro atoms. The predicted molar refractivity (Wildman–Crippen MR) is 87.1 cm³/mol. The number of halogens is 4. The summed E-state index contributed by atoms with van der Waals surface area (Å²) >= 11 is 0.542. The molecule has 5 nitrogen and oxygen atoms in total. The Morgan fingerprint density at radius 1 is 0.923 bits per heavy atom. The molecule has 2 aromatic heterocycles. The second-order valence-electron chi connectivity index (χ2n) is 6.81. The second-order valence-corrected chi connectivity index (χ2v) is 7.78. The number of aromatic nitrogens is 4. The third kappa shape index (κ3) is 3.15. The number of anilines is 1. The van der Waals surface area contributed by atoms with Crippen LogP contribution in [0.25, 0.3) is 0 Å². The quantitative estimate of drug-likeness (QED) is 0.587. The van der Waals surface area contributed by atoms with Gasteiger partial charge in [-0.05, 0) is 43.4 Å². The third-order valence-corrected chi connectivity index (χ3v) is 5.80. The molecule has 4 rings (SSSR count). The molecule has 0 N–H and O–H groups in total. The van der Waals surface area contributed by atoms with Crippen LogP contribution in [0.3, 0.4) is 0 Å². The normalized spacial score (nSPS) is 18.6. The van der Waals surface area contributed by atoms with Gasteiger partial charge in [-0.3, -0.25) is 4.57 Å². The Morgan fingerprint density at radius 3 is 2.12 bits per heavy atom. The van der Waals surface area contributed by atoms with Crippen molar-refractivity contribution in [1.82, 2.24) is 19.7 Å². The molecule has 0 bridgehead atoms. The van der Waals surface area contributed by atoms with Gasteiger partial charge >= 0.3 is 0 Å². The average Bonchev–Trinajstić information content (AvgIpc) is 3.38. The van der Waals surface area contributed by atoms with Crippen LogP contribution in [0.15, 0.2) is 10.1 Å². The lowest BCUT2D eigenvalue weighted by molar-refractivity contribution is 0.383. The standard InChI is InChI=1S/C16H17F4N5S/c1-8-4-6-24(7-5-8)15-22-23-16(25(15)9-2-3-9)26-12-10(17)13(19)21-14(20)11(12)18/h8-9H,2-7H2,1H3. The first-order valence-electron chi connectivity index (χ1n) is 8.53. The number of hydrogen-bond donors (Lipinski definition) is 0. The Kier molecular flexibility index (Phi) is 4.54. The maximum Gasteiger partial charge on any atom is 0.252 e. The fourth-order valence-corrected chi connectivity index (χ4v) is 4.01. The van der Waals surface area contributed by atoms with Crippen molar-refractivity contribution in [3.63, 3.8) is 0 Å². The van der Waals surface area contributed by atoms with Crippen LogP contribution in [0, 0.1) is 29.4 Å². The van der Waals surface area contributed by atoms with E-state index in [0.717, 1.165) is 38.8 Å². The highest BCUT2D eigenvalue weighted by Crippen LogP contribution is 2.43. The molecule has 3 heterocycles. The van der Waals surface area contributed by atoms with E-state index in [1.54, 1.807) is 0 Å². The zero-order valence-electron chi connectivity index (χ0n) is 14.1. The molecule has 1 saturated carbocycles. The van der Waals surface area contributed by atoms with Gasteiger partial charge in [0.2, 0.25) is 5.95 Å². The van der Waals surface area contributed by atoms with E-state index < -0.39 is 28.4 Å². The van der Waals surface area contributed by atoms with Crippen LogP contribution in [0.2, 0.25) is 0 Å². The van der Waals surface area contributed by atoms with Crippen LogP contribution in [-0.4, -0.2) is 32.8 Å². The number of hydrogen-bond acceptors (Lipinski definition) is 5. The highest BCUT2D eigenvalue weighted by Gasteiger charge is 2.34. The number of pyridine rings is 1. The highest BCUT2D eigenvalue weighted by atomic mass is 32.2. The molecule has 0 unspecified atom stereocenters. The lowest BCUT2D eigenvalue weighted by atomic mass is 10.00. The third-order valence-electron chi connectivity index (χ3n) is 4.78. The van der Waals surface area contributed by atoms with Crippen molar-refractivity contribution in [1.29, 1.82) is 0 Å². The summed E-state index contributed by atoms with van der Waals surface area (Å²) in [5, 5.41) is 8.47. The molecule has 0 amide bonds. The molecule has 2 fully saturated rings. The lowest BCUT2D eigenvalue weighted by Gasteiger charge is -2.31. The summed E-state index contributed by atoms with van der Waals surface area (Å²) in [5.74, 6) is -5.09. The molecule has 1 aliphatic carbocycles. The molecule has 10 heteroatoms. The monoisotopic (exact) mass is 387 g/mol. The molecule has 0 atom stereocenters. The maximum absolute atomic E-state index is 13.9. The summed E-state index contributed by atoms with van der Waals surface area (Å²) in [5.41, 5.74) is 0. The predicted octanol–water partition coefficient (Wildman–Crippen LogP) is 3.95. The average molecular weight is 387 g/mol. The summed E-state index contributed by atoms with van der Waals surface area (Å²) in [6.07, 6.45) is 3.88. The summed E-state index contributed by atoms with van der Waals surface area (Å²) in [4.78, 5) is 3.90. The van der Waals surface area contributed by atoms with Gasteiger partial charge in [0.25, 0.3) is 11.9 Å².